The first-order valence-corrected chi connectivity index (χ1v) is 11.9. The number of piperazine rings is 1. The number of oxazole rings is 1. The third kappa shape index (κ3) is 4.45. The lowest BCUT2D eigenvalue weighted by Crippen LogP contribution is -2.61. The van der Waals surface area contributed by atoms with E-state index in [1.54, 1.807) is 6.20 Å². The number of nitrogens with two attached hydrogens (primary N) is 1. The van der Waals surface area contributed by atoms with E-state index in [9.17, 15) is 4.79 Å². The van der Waals surface area contributed by atoms with Crippen molar-refractivity contribution in [3.63, 3.8) is 0 Å². The topological polar surface area (TPSA) is 115 Å². The standard InChI is InChI=1S/C24H32N8O2/c1-16(2)21-22(33)32(25)13-12-31(21)24-27-15-19(34-24)17-6-5-7-18(14-17)28-23-26-9-8-20(29-23)30-10-3-4-11-30/h5-8,14-16,21H,3-4,9-13,25H2,1-2H3,(H2,26,28,29). The molecule has 4 heterocycles. The Morgan fingerprint density at radius 3 is 2.82 bits per heavy atom. The van der Waals surface area contributed by atoms with Crippen LogP contribution in [0.15, 0.2) is 51.8 Å². The van der Waals surface area contributed by atoms with Gasteiger partial charge in [0.05, 0.1) is 19.3 Å². The van der Waals surface area contributed by atoms with Gasteiger partial charge in [-0.2, -0.15) is 0 Å². The predicted octanol–water partition coefficient (Wildman–Crippen LogP) is 2.20. The maximum Gasteiger partial charge on any atom is 0.298 e. The van der Waals surface area contributed by atoms with E-state index in [0.717, 1.165) is 36.1 Å². The highest BCUT2D eigenvalue weighted by Crippen LogP contribution is 2.30. The van der Waals surface area contributed by atoms with Crippen molar-refractivity contribution in [3.8, 4) is 11.3 Å². The van der Waals surface area contributed by atoms with Crippen molar-refractivity contribution in [2.75, 3.05) is 42.9 Å². The molecule has 10 heteroatoms. The summed E-state index contributed by atoms with van der Waals surface area (Å²) >= 11 is 0. The summed E-state index contributed by atoms with van der Waals surface area (Å²) in [6, 6.07) is 7.98. The number of aliphatic imine (C=N–C) groups is 1. The van der Waals surface area contributed by atoms with Crippen LogP contribution in [0.1, 0.15) is 26.7 Å². The number of guanidine groups is 1. The summed E-state index contributed by atoms with van der Waals surface area (Å²) in [6.07, 6.45) is 6.29. The smallest absolute Gasteiger partial charge is 0.298 e. The highest BCUT2D eigenvalue weighted by Gasteiger charge is 2.38. The molecule has 5 rings (SSSR count). The molecule has 1 aromatic carbocycles. The third-order valence-electron chi connectivity index (χ3n) is 6.46. The van der Waals surface area contributed by atoms with Gasteiger partial charge in [0.1, 0.15) is 11.9 Å². The largest absolute Gasteiger partial charge is 0.423 e. The monoisotopic (exact) mass is 464 g/mol. The number of hydrazine groups is 1. The van der Waals surface area contributed by atoms with Crippen molar-refractivity contribution in [2.45, 2.75) is 32.7 Å². The lowest BCUT2D eigenvalue weighted by molar-refractivity contribution is -0.135. The second kappa shape index (κ2) is 9.38. The molecule has 4 N–H and O–H groups in total. The van der Waals surface area contributed by atoms with Crippen LogP contribution in [0.2, 0.25) is 0 Å². The molecule has 34 heavy (non-hydrogen) atoms. The zero-order valence-corrected chi connectivity index (χ0v) is 19.7. The average molecular weight is 465 g/mol. The van der Waals surface area contributed by atoms with Gasteiger partial charge in [-0.05, 0) is 37.0 Å². The summed E-state index contributed by atoms with van der Waals surface area (Å²) in [6.45, 7) is 7.82. The number of amides is 1. The van der Waals surface area contributed by atoms with Crippen LogP contribution in [0.5, 0.6) is 0 Å². The number of nitrogens with one attached hydrogen (secondary N) is 2. The van der Waals surface area contributed by atoms with Gasteiger partial charge in [0.25, 0.3) is 11.9 Å². The van der Waals surface area contributed by atoms with E-state index in [-0.39, 0.29) is 11.8 Å². The summed E-state index contributed by atoms with van der Waals surface area (Å²) in [5.41, 5.74) is 1.79. The highest BCUT2D eigenvalue weighted by molar-refractivity contribution is 5.95. The van der Waals surface area contributed by atoms with Crippen LogP contribution in [0, 0.1) is 5.92 Å². The molecule has 3 aliphatic heterocycles. The number of benzene rings is 1. The van der Waals surface area contributed by atoms with E-state index in [1.807, 2.05) is 43.0 Å². The Morgan fingerprint density at radius 2 is 2.03 bits per heavy atom. The third-order valence-corrected chi connectivity index (χ3v) is 6.46. The van der Waals surface area contributed by atoms with Crippen molar-refractivity contribution >= 4 is 23.6 Å². The second-order valence-corrected chi connectivity index (χ2v) is 9.22. The van der Waals surface area contributed by atoms with E-state index < -0.39 is 6.04 Å². The zero-order valence-electron chi connectivity index (χ0n) is 19.7. The van der Waals surface area contributed by atoms with Gasteiger partial charge in [0.2, 0.25) is 5.96 Å². The summed E-state index contributed by atoms with van der Waals surface area (Å²) in [7, 11) is 0. The fourth-order valence-electron chi connectivity index (χ4n) is 4.72. The van der Waals surface area contributed by atoms with Gasteiger partial charge in [-0.25, -0.2) is 15.8 Å². The first-order valence-electron chi connectivity index (χ1n) is 11.9. The van der Waals surface area contributed by atoms with E-state index in [1.165, 1.54) is 17.9 Å². The molecule has 180 valence electrons. The summed E-state index contributed by atoms with van der Waals surface area (Å²) in [4.78, 5) is 25.9. The molecule has 2 saturated heterocycles. The quantitative estimate of drug-likeness (QED) is 0.456. The molecule has 0 radical (unpaired) electrons. The Labute approximate surface area is 199 Å². The van der Waals surface area contributed by atoms with Gasteiger partial charge in [-0.15, -0.1) is 0 Å². The molecule has 1 unspecified atom stereocenters. The molecule has 0 bridgehead atoms. The number of hydrogen-bond donors (Lipinski definition) is 3. The molecule has 2 aromatic rings. The van der Waals surface area contributed by atoms with E-state index in [2.05, 4.69) is 31.6 Å². The molecular formula is C24H32N8O2. The van der Waals surface area contributed by atoms with Crippen LogP contribution in [-0.4, -0.2) is 65.5 Å². The maximum atomic E-state index is 12.6. The van der Waals surface area contributed by atoms with Gasteiger partial charge in [-0.3, -0.25) is 9.80 Å². The molecule has 10 nitrogen and oxygen atoms in total. The Kier molecular flexibility index (Phi) is 6.14. The summed E-state index contributed by atoms with van der Waals surface area (Å²) in [5, 5.41) is 8.08. The minimum Gasteiger partial charge on any atom is -0.423 e. The fourth-order valence-corrected chi connectivity index (χ4v) is 4.72. The van der Waals surface area contributed by atoms with Gasteiger partial charge >= 0.3 is 0 Å². The van der Waals surface area contributed by atoms with Crippen molar-refractivity contribution in [1.82, 2.24) is 20.2 Å². The number of aromatic nitrogens is 1. The van der Waals surface area contributed by atoms with E-state index in [4.69, 9.17) is 10.3 Å². The lowest BCUT2D eigenvalue weighted by Gasteiger charge is -2.39. The van der Waals surface area contributed by atoms with Crippen LogP contribution in [-0.2, 0) is 4.79 Å². The van der Waals surface area contributed by atoms with Gasteiger partial charge < -0.3 is 24.9 Å². The first-order chi connectivity index (χ1) is 16.5. The molecule has 1 aromatic heterocycles. The summed E-state index contributed by atoms with van der Waals surface area (Å²) < 4.78 is 6.12. The molecule has 1 atom stereocenters. The van der Waals surface area contributed by atoms with Crippen molar-refractivity contribution in [3.05, 3.63) is 42.4 Å². The number of carbonyl (C=O) groups is 1. The van der Waals surface area contributed by atoms with Gasteiger partial charge in [0, 0.05) is 30.9 Å². The number of anilines is 2. The molecule has 3 aliphatic rings. The van der Waals surface area contributed by atoms with Gasteiger partial charge in [-0.1, -0.05) is 26.0 Å². The first kappa shape index (κ1) is 22.3. The number of rotatable bonds is 5. The maximum absolute atomic E-state index is 12.6. The minimum atomic E-state index is -0.397. The van der Waals surface area contributed by atoms with Crippen molar-refractivity contribution in [2.24, 2.45) is 16.8 Å². The van der Waals surface area contributed by atoms with Gasteiger partial charge in [0.15, 0.2) is 5.76 Å². The molecule has 0 spiro atoms. The SMILES string of the molecule is CC(C)C1C(=O)N(N)CCN1c1ncc(-c2cccc(NC3=NCC=C(N4CCCC4)N3)c2)o1. The average Bonchev–Trinajstić information content (AvgIpc) is 3.54. The Bertz CT molecular complexity index is 1100. The van der Waals surface area contributed by atoms with Crippen LogP contribution in [0.4, 0.5) is 11.7 Å². The van der Waals surface area contributed by atoms with Crippen LogP contribution in [0.25, 0.3) is 11.3 Å². The highest BCUT2D eigenvalue weighted by atomic mass is 16.4. The molecule has 0 aliphatic carbocycles. The number of hydrogen-bond acceptors (Lipinski definition) is 9. The normalized spacial score (nSPS) is 21.0. The van der Waals surface area contributed by atoms with Crippen molar-refractivity contribution in [1.29, 1.82) is 0 Å². The van der Waals surface area contributed by atoms with Crippen molar-refractivity contribution < 1.29 is 9.21 Å². The molecule has 1 amide bonds. The van der Waals surface area contributed by atoms with Crippen LogP contribution >= 0.6 is 0 Å². The minimum absolute atomic E-state index is 0.0741. The number of carbonyl (C=O) groups excluding carboxylic acids is 1. The summed E-state index contributed by atoms with van der Waals surface area (Å²) in [5.74, 6) is 8.31. The zero-order chi connectivity index (χ0) is 23.7. The van der Waals surface area contributed by atoms with E-state index in [0.29, 0.717) is 31.4 Å². The second-order valence-electron chi connectivity index (χ2n) is 9.22. The fraction of sp³-hybridized carbons (Fsp3) is 0.458. The molecular weight excluding hydrogens is 432 g/mol. The Balaban J connectivity index is 1.30. The lowest BCUT2D eigenvalue weighted by atomic mass is 10.00. The molecule has 0 saturated carbocycles. The molecule has 2 fully saturated rings. The Morgan fingerprint density at radius 1 is 1.21 bits per heavy atom. The predicted molar refractivity (Wildman–Crippen MR) is 132 cm³/mol. The van der Waals surface area contributed by atoms with E-state index >= 15 is 0 Å². The number of nitrogens with zero attached hydrogens (tertiary/aromatic N) is 5. The number of likely N-dealkylation sites (tertiary alicyclic amines) is 1. The van der Waals surface area contributed by atoms with Crippen LogP contribution < -0.4 is 21.4 Å². The Hall–Kier alpha value is -3.53. The van der Waals surface area contributed by atoms with Crippen LogP contribution in [0.3, 0.4) is 0 Å².